The molecule has 0 fully saturated rings. The molecule has 0 atom stereocenters. The second-order valence-corrected chi connectivity index (χ2v) is 6.51. The molecule has 0 saturated heterocycles. The molecule has 0 radical (unpaired) electrons. The Balaban J connectivity index is 2.21. The number of aromatic nitrogens is 3. The van der Waals surface area contributed by atoms with Crippen molar-refractivity contribution in [1.29, 1.82) is 0 Å². The van der Waals surface area contributed by atoms with E-state index in [0.29, 0.717) is 15.8 Å². The van der Waals surface area contributed by atoms with E-state index in [0.717, 1.165) is 22.8 Å². The number of hydrogen-bond acceptors (Lipinski definition) is 4. The van der Waals surface area contributed by atoms with Crippen LogP contribution in [0.3, 0.4) is 0 Å². The summed E-state index contributed by atoms with van der Waals surface area (Å²) in [5, 5.41) is 10.6. The molecule has 0 spiro atoms. The number of carboxylic acids is 1. The van der Waals surface area contributed by atoms with Crippen molar-refractivity contribution >= 4 is 39.4 Å². The van der Waals surface area contributed by atoms with E-state index in [1.807, 2.05) is 0 Å². The number of benzene rings is 1. The number of alkyl halides is 3. The lowest BCUT2D eigenvalue weighted by atomic mass is 10.1. The van der Waals surface area contributed by atoms with Gasteiger partial charge >= 0.3 is 12.1 Å². The molecule has 29 heavy (non-hydrogen) atoms. The SMILES string of the molecule is O=C(O)c1cc2ccc(C(F)(F)F)nc2n(-c2ccc(Cl)c3cnccc23)c1=O. The molecule has 6 nitrogen and oxygen atoms in total. The van der Waals surface area contributed by atoms with E-state index in [2.05, 4.69) is 9.97 Å². The zero-order valence-electron chi connectivity index (χ0n) is 14.2. The number of rotatable bonds is 2. The molecule has 10 heteroatoms. The molecular weight excluding hydrogens is 411 g/mol. The van der Waals surface area contributed by atoms with Gasteiger partial charge in [0.2, 0.25) is 0 Å². The molecule has 0 aliphatic rings. The van der Waals surface area contributed by atoms with E-state index in [-0.39, 0.29) is 16.7 Å². The first-order chi connectivity index (χ1) is 13.7. The molecule has 0 aliphatic heterocycles. The van der Waals surface area contributed by atoms with Crippen molar-refractivity contribution in [3.63, 3.8) is 0 Å². The van der Waals surface area contributed by atoms with Crippen LogP contribution in [-0.4, -0.2) is 25.6 Å². The van der Waals surface area contributed by atoms with Crippen LogP contribution in [0, 0.1) is 0 Å². The maximum atomic E-state index is 13.2. The van der Waals surface area contributed by atoms with Crippen LogP contribution in [0.25, 0.3) is 27.5 Å². The number of halogens is 4. The zero-order chi connectivity index (χ0) is 20.9. The minimum absolute atomic E-state index is 0.0622. The fraction of sp³-hybridized carbons (Fsp3) is 0.0526. The van der Waals surface area contributed by atoms with E-state index in [1.165, 1.54) is 30.6 Å². The number of carbonyl (C=O) groups is 1. The van der Waals surface area contributed by atoms with Crippen LogP contribution < -0.4 is 5.56 Å². The van der Waals surface area contributed by atoms with Gasteiger partial charge in [-0.3, -0.25) is 14.3 Å². The number of nitrogens with zero attached hydrogens (tertiary/aromatic N) is 3. The molecule has 4 rings (SSSR count). The van der Waals surface area contributed by atoms with E-state index in [1.54, 1.807) is 0 Å². The second kappa shape index (κ2) is 6.56. The first-order valence-electron chi connectivity index (χ1n) is 8.08. The minimum atomic E-state index is -4.74. The normalized spacial score (nSPS) is 11.9. The van der Waals surface area contributed by atoms with Crippen molar-refractivity contribution in [2.75, 3.05) is 0 Å². The Labute approximate surface area is 164 Å². The highest BCUT2D eigenvalue weighted by Crippen LogP contribution is 2.32. The highest BCUT2D eigenvalue weighted by Gasteiger charge is 2.33. The smallest absolute Gasteiger partial charge is 0.433 e. The minimum Gasteiger partial charge on any atom is -0.477 e. The molecule has 3 aromatic heterocycles. The highest BCUT2D eigenvalue weighted by atomic mass is 35.5. The number of aromatic carboxylic acids is 1. The average Bonchev–Trinajstić information content (AvgIpc) is 2.67. The van der Waals surface area contributed by atoms with Gasteiger partial charge in [0.05, 0.1) is 10.7 Å². The molecule has 1 aromatic carbocycles. The summed E-state index contributed by atoms with van der Waals surface area (Å²) in [6.45, 7) is 0. The Morgan fingerprint density at radius 2 is 1.86 bits per heavy atom. The lowest BCUT2D eigenvalue weighted by Crippen LogP contribution is -2.26. The Bertz CT molecular complexity index is 1370. The third-order valence-corrected chi connectivity index (χ3v) is 4.68. The topological polar surface area (TPSA) is 85.1 Å². The summed E-state index contributed by atoms with van der Waals surface area (Å²) < 4.78 is 40.4. The highest BCUT2D eigenvalue weighted by molar-refractivity contribution is 6.35. The van der Waals surface area contributed by atoms with Crippen LogP contribution in [0.5, 0.6) is 0 Å². The van der Waals surface area contributed by atoms with Gasteiger partial charge in [-0.1, -0.05) is 11.6 Å². The third-order valence-electron chi connectivity index (χ3n) is 4.35. The van der Waals surface area contributed by atoms with Crippen LogP contribution in [0.1, 0.15) is 16.1 Å². The zero-order valence-corrected chi connectivity index (χ0v) is 15.0. The lowest BCUT2D eigenvalue weighted by molar-refractivity contribution is -0.141. The van der Waals surface area contributed by atoms with E-state index in [9.17, 15) is 27.9 Å². The van der Waals surface area contributed by atoms with Gasteiger partial charge in [-0.2, -0.15) is 13.2 Å². The van der Waals surface area contributed by atoms with Crippen molar-refractivity contribution in [3.8, 4) is 5.69 Å². The molecule has 0 saturated carbocycles. The summed E-state index contributed by atoms with van der Waals surface area (Å²) in [7, 11) is 0. The van der Waals surface area contributed by atoms with E-state index < -0.39 is 29.0 Å². The van der Waals surface area contributed by atoms with Crippen LogP contribution >= 0.6 is 11.6 Å². The van der Waals surface area contributed by atoms with Gasteiger partial charge in [0.15, 0.2) is 0 Å². The van der Waals surface area contributed by atoms with Crippen LogP contribution in [0.2, 0.25) is 5.02 Å². The maximum absolute atomic E-state index is 13.2. The van der Waals surface area contributed by atoms with Crippen molar-refractivity contribution in [1.82, 2.24) is 14.5 Å². The van der Waals surface area contributed by atoms with Crippen LogP contribution in [0.15, 0.2) is 53.6 Å². The molecule has 0 amide bonds. The molecule has 1 N–H and O–H groups in total. The summed E-state index contributed by atoms with van der Waals surface area (Å²) in [5.74, 6) is -1.51. The largest absolute Gasteiger partial charge is 0.477 e. The molecule has 146 valence electrons. The fourth-order valence-corrected chi connectivity index (χ4v) is 3.27. The Kier molecular flexibility index (Phi) is 4.27. The van der Waals surface area contributed by atoms with Crippen LogP contribution in [-0.2, 0) is 6.18 Å². The molecule has 3 heterocycles. The Morgan fingerprint density at radius 3 is 2.55 bits per heavy atom. The lowest BCUT2D eigenvalue weighted by Gasteiger charge is -2.15. The molecule has 4 aromatic rings. The fourth-order valence-electron chi connectivity index (χ4n) is 3.05. The number of fused-ring (bicyclic) bond motifs is 2. The van der Waals surface area contributed by atoms with Gasteiger partial charge in [0.25, 0.3) is 5.56 Å². The standard InChI is InChI=1S/C19H9ClF3N3O3/c20-13-2-3-14(10-5-6-24-8-12(10)13)26-16-9(7-11(17(26)27)18(28)29)1-4-15(25-16)19(21,22)23/h1-8H,(H,28,29). The molecular formula is C19H9ClF3N3O3. The molecule has 0 bridgehead atoms. The first-order valence-corrected chi connectivity index (χ1v) is 8.46. The van der Waals surface area contributed by atoms with E-state index >= 15 is 0 Å². The summed E-state index contributed by atoms with van der Waals surface area (Å²) in [6.07, 6.45) is -1.89. The third kappa shape index (κ3) is 3.09. The number of pyridine rings is 3. The van der Waals surface area contributed by atoms with Gasteiger partial charge in [-0.25, -0.2) is 9.78 Å². The van der Waals surface area contributed by atoms with Gasteiger partial charge in [0.1, 0.15) is 16.9 Å². The summed E-state index contributed by atoms with van der Waals surface area (Å²) in [6, 6.07) is 7.19. The van der Waals surface area contributed by atoms with Crippen molar-refractivity contribution in [2.45, 2.75) is 6.18 Å². The maximum Gasteiger partial charge on any atom is 0.433 e. The van der Waals surface area contributed by atoms with Crippen molar-refractivity contribution in [3.05, 3.63) is 75.4 Å². The Morgan fingerprint density at radius 1 is 1.10 bits per heavy atom. The average molecular weight is 420 g/mol. The Hall–Kier alpha value is -3.46. The first kappa shape index (κ1) is 18.9. The van der Waals surface area contributed by atoms with E-state index in [4.69, 9.17) is 11.6 Å². The van der Waals surface area contributed by atoms with Gasteiger partial charge in [0, 0.05) is 28.6 Å². The van der Waals surface area contributed by atoms with Crippen molar-refractivity contribution < 1.29 is 23.1 Å². The van der Waals surface area contributed by atoms with Gasteiger partial charge in [-0.15, -0.1) is 0 Å². The summed E-state index contributed by atoms with van der Waals surface area (Å²) >= 11 is 6.16. The predicted octanol–water partition coefficient (Wildman–Crippen LogP) is 4.30. The number of carboxylic acid groups (broad SMARTS) is 1. The quantitative estimate of drug-likeness (QED) is 0.523. The monoisotopic (exact) mass is 419 g/mol. The summed E-state index contributed by atoms with van der Waals surface area (Å²) in [5.41, 5.74) is -3.01. The molecule has 0 unspecified atom stereocenters. The summed E-state index contributed by atoms with van der Waals surface area (Å²) in [4.78, 5) is 32.0. The molecule has 0 aliphatic carbocycles. The number of hydrogen-bond donors (Lipinski definition) is 1. The van der Waals surface area contributed by atoms with Gasteiger partial charge in [-0.05, 0) is 36.4 Å². The van der Waals surface area contributed by atoms with Gasteiger partial charge < -0.3 is 5.11 Å². The second-order valence-electron chi connectivity index (χ2n) is 6.10. The van der Waals surface area contributed by atoms with Crippen LogP contribution in [0.4, 0.5) is 13.2 Å². The predicted molar refractivity (Wildman–Crippen MR) is 99.6 cm³/mol. The van der Waals surface area contributed by atoms with Crippen molar-refractivity contribution in [2.24, 2.45) is 0 Å².